The van der Waals surface area contributed by atoms with Gasteiger partial charge in [0.05, 0.1) is 13.2 Å². The summed E-state index contributed by atoms with van der Waals surface area (Å²) in [6.45, 7) is 9.40. The second kappa shape index (κ2) is 6.67. The number of ether oxygens (including phenoxy) is 2. The molecule has 1 aromatic rings. The summed E-state index contributed by atoms with van der Waals surface area (Å²) < 4.78 is 11.5. The molecule has 4 heteroatoms. The van der Waals surface area contributed by atoms with E-state index in [2.05, 4.69) is 42.3 Å². The number of hydrogen-bond acceptors (Lipinski definition) is 4. The molecular weight excluding hydrogens is 264 g/mol. The molecule has 21 heavy (non-hydrogen) atoms. The molecular formula is C17H26N2O2. The van der Waals surface area contributed by atoms with Crippen molar-refractivity contribution < 1.29 is 9.47 Å². The molecule has 0 spiro atoms. The fraction of sp³-hybridized carbons (Fsp3) is 0.647. The number of fused-ring (bicyclic) bond motifs is 1. The van der Waals surface area contributed by atoms with E-state index in [0.717, 1.165) is 50.8 Å². The summed E-state index contributed by atoms with van der Waals surface area (Å²) in [5.41, 5.74) is 1.32. The van der Waals surface area contributed by atoms with Gasteiger partial charge in [-0.3, -0.25) is 4.90 Å². The summed E-state index contributed by atoms with van der Waals surface area (Å²) in [4.78, 5) is 2.61. The average Bonchev–Trinajstić information content (AvgIpc) is 2.68. The van der Waals surface area contributed by atoms with E-state index in [1.165, 1.54) is 12.0 Å². The molecule has 0 aliphatic carbocycles. The predicted octanol–water partition coefficient (Wildman–Crippen LogP) is 2.59. The Hall–Kier alpha value is -1.26. The van der Waals surface area contributed by atoms with E-state index < -0.39 is 0 Å². The number of rotatable bonds is 5. The van der Waals surface area contributed by atoms with Crippen LogP contribution >= 0.6 is 0 Å². The van der Waals surface area contributed by atoms with Gasteiger partial charge in [0.15, 0.2) is 11.5 Å². The Kier molecular flexibility index (Phi) is 4.66. The van der Waals surface area contributed by atoms with Gasteiger partial charge >= 0.3 is 0 Å². The Labute approximate surface area is 127 Å². The molecule has 0 radical (unpaired) electrons. The lowest BCUT2D eigenvalue weighted by Gasteiger charge is -2.42. The van der Waals surface area contributed by atoms with Crippen molar-refractivity contribution in [1.82, 2.24) is 10.2 Å². The van der Waals surface area contributed by atoms with Crippen LogP contribution in [-0.2, 0) is 0 Å². The summed E-state index contributed by atoms with van der Waals surface area (Å²) in [5, 5.41) is 3.38. The second-order valence-electron chi connectivity index (χ2n) is 5.98. The molecule has 1 unspecified atom stereocenters. The smallest absolute Gasteiger partial charge is 0.161 e. The molecule has 0 saturated carbocycles. The topological polar surface area (TPSA) is 33.7 Å². The van der Waals surface area contributed by atoms with Crippen LogP contribution in [0.5, 0.6) is 11.5 Å². The minimum atomic E-state index is 0.411. The maximum Gasteiger partial charge on any atom is 0.161 e. The van der Waals surface area contributed by atoms with Gasteiger partial charge in [-0.2, -0.15) is 0 Å². The highest BCUT2D eigenvalue weighted by Gasteiger charge is 2.28. The van der Waals surface area contributed by atoms with Crippen molar-refractivity contribution in [3.8, 4) is 11.5 Å². The van der Waals surface area contributed by atoms with Crippen molar-refractivity contribution in [2.75, 3.05) is 32.8 Å². The van der Waals surface area contributed by atoms with Crippen molar-refractivity contribution >= 4 is 0 Å². The molecule has 1 N–H and O–H groups in total. The van der Waals surface area contributed by atoms with Crippen LogP contribution < -0.4 is 14.8 Å². The first-order valence-electron chi connectivity index (χ1n) is 8.15. The lowest BCUT2D eigenvalue weighted by atomic mass is 10.0. The highest BCUT2D eigenvalue weighted by Crippen LogP contribution is 2.34. The zero-order valence-electron chi connectivity index (χ0n) is 13.1. The van der Waals surface area contributed by atoms with Crippen LogP contribution in [-0.4, -0.2) is 43.8 Å². The maximum absolute atomic E-state index is 5.82. The Morgan fingerprint density at radius 1 is 1.24 bits per heavy atom. The van der Waals surface area contributed by atoms with Gasteiger partial charge in [-0.15, -0.1) is 0 Å². The molecule has 1 atom stereocenters. The highest BCUT2D eigenvalue weighted by atomic mass is 16.5. The molecule has 2 aliphatic heterocycles. The lowest BCUT2D eigenvalue weighted by molar-refractivity contribution is 0.103. The summed E-state index contributed by atoms with van der Waals surface area (Å²) >= 11 is 0. The number of nitrogens with one attached hydrogen (secondary N) is 1. The van der Waals surface area contributed by atoms with Gasteiger partial charge in [0.25, 0.3) is 0 Å². The molecule has 4 nitrogen and oxygen atoms in total. The fourth-order valence-corrected chi connectivity index (χ4v) is 3.09. The van der Waals surface area contributed by atoms with E-state index in [-0.39, 0.29) is 0 Å². The molecule has 3 rings (SSSR count). The van der Waals surface area contributed by atoms with Crippen LogP contribution in [0, 0.1) is 0 Å². The normalized spacial score (nSPS) is 20.0. The third-order valence-corrected chi connectivity index (χ3v) is 4.46. The first-order chi connectivity index (χ1) is 10.3. The maximum atomic E-state index is 5.82. The lowest BCUT2D eigenvalue weighted by Crippen LogP contribution is -2.57. The van der Waals surface area contributed by atoms with Gasteiger partial charge in [0.1, 0.15) is 0 Å². The van der Waals surface area contributed by atoms with Crippen LogP contribution in [0.3, 0.4) is 0 Å². The average molecular weight is 290 g/mol. The minimum absolute atomic E-state index is 0.411. The summed E-state index contributed by atoms with van der Waals surface area (Å²) in [6, 6.07) is 7.49. The quantitative estimate of drug-likeness (QED) is 0.904. The molecule has 1 aromatic carbocycles. The Morgan fingerprint density at radius 2 is 2.00 bits per heavy atom. The number of nitrogens with zero attached hydrogens (tertiary/aromatic N) is 1. The molecule has 1 fully saturated rings. The largest absolute Gasteiger partial charge is 0.490 e. The molecule has 1 saturated heterocycles. The van der Waals surface area contributed by atoms with E-state index >= 15 is 0 Å². The molecule has 2 aliphatic rings. The Morgan fingerprint density at radius 3 is 2.67 bits per heavy atom. The van der Waals surface area contributed by atoms with Gasteiger partial charge in [-0.05, 0) is 37.6 Å². The van der Waals surface area contributed by atoms with E-state index in [9.17, 15) is 0 Å². The number of hydrogen-bond donors (Lipinski definition) is 1. The van der Waals surface area contributed by atoms with E-state index in [4.69, 9.17) is 9.47 Å². The first-order valence-corrected chi connectivity index (χ1v) is 8.15. The van der Waals surface area contributed by atoms with E-state index in [1.54, 1.807) is 0 Å². The molecule has 0 aromatic heterocycles. The molecule has 0 bridgehead atoms. The Bertz CT molecular complexity index is 474. The van der Waals surface area contributed by atoms with E-state index in [1.807, 2.05) is 0 Å². The van der Waals surface area contributed by atoms with Crippen molar-refractivity contribution in [2.24, 2.45) is 0 Å². The molecule has 116 valence electrons. The SMILES string of the molecule is CCCN(C1CNC1)C(C)c1ccc2c(c1)OCCCO2. The second-order valence-corrected chi connectivity index (χ2v) is 5.98. The summed E-state index contributed by atoms with van der Waals surface area (Å²) in [6.07, 6.45) is 2.14. The zero-order chi connectivity index (χ0) is 14.7. The van der Waals surface area contributed by atoms with Gasteiger partial charge in [-0.25, -0.2) is 0 Å². The Balaban J connectivity index is 1.79. The van der Waals surface area contributed by atoms with Gasteiger partial charge < -0.3 is 14.8 Å². The monoisotopic (exact) mass is 290 g/mol. The predicted molar refractivity (Wildman–Crippen MR) is 84.1 cm³/mol. The molecule has 0 amide bonds. The van der Waals surface area contributed by atoms with Crippen molar-refractivity contribution in [1.29, 1.82) is 0 Å². The molecule has 2 heterocycles. The van der Waals surface area contributed by atoms with Crippen LogP contribution in [0.2, 0.25) is 0 Å². The highest BCUT2D eigenvalue weighted by molar-refractivity contribution is 5.44. The first kappa shape index (κ1) is 14.7. The van der Waals surface area contributed by atoms with Crippen LogP contribution in [0.4, 0.5) is 0 Å². The van der Waals surface area contributed by atoms with Gasteiger partial charge in [-0.1, -0.05) is 13.0 Å². The van der Waals surface area contributed by atoms with Crippen LogP contribution in [0.15, 0.2) is 18.2 Å². The minimum Gasteiger partial charge on any atom is -0.490 e. The van der Waals surface area contributed by atoms with Crippen molar-refractivity contribution in [3.63, 3.8) is 0 Å². The van der Waals surface area contributed by atoms with Crippen molar-refractivity contribution in [3.05, 3.63) is 23.8 Å². The number of benzene rings is 1. The standard InChI is InChI=1S/C17H26N2O2/c1-3-7-19(15-11-18-12-15)13(2)14-5-6-16-17(10-14)21-9-4-8-20-16/h5-6,10,13,15,18H,3-4,7-9,11-12H2,1-2H3. The summed E-state index contributed by atoms with van der Waals surface area (Å²) in [5.74, 6) is 1.79. The van der Waals surface area contributed by atoms with Crippen molar-refractivity contribution in [2.45, 2.75) is 38.8 Å². The fourth-order valence-electron chi connectivity index (χ4n) is 3.09. The summed E-state index contributed by atoms with van der Waals surface area (Å²) in [7, 11) is 0. The third kappa shape index (κ3) is 3.16. The van der Waals surface area contributed by atoms with Gasteiger partial charge in [0, 0.05) is 31.6 Å². The third-order valence-electron chi connectivity index (χ3n) is 4.46. The zero-order valence-corrected chi connectivity index (χ0v) is 13.1. The van der Waals surface area contributed by atoms with Crippen LogP contribution in [0.25, 0.3) is 0 Å². The van der Waals surface area contributed by atoms with Crippen LogP contribution in [0.1, 0.15) is 38.3 Å². The van der Waals surface area contributed by atoms with Gasteiger partial charge in [0.2, 0.25) is 0 Å². The van der Waals surface area contributed by atoms with E-state index in [0.29, 0.717) is 12.1 Å².